The van der Waals surface area contributed by atoms with Crippen LogP contribution in [-0.2, 0) is 4.79 Å². The zero-order valence-electron chi connectivity index (χ0n) is 15.6. The van der Waals surface area contributed by atoms with Crippen LogP contribution in [0.3, 0.4) is 0 Å². The van der Waals surface area contributed by atoms with Gasteiger partial charge in [-0.2, -0.15) is 0 Å². The SMILES string of the molecule is CC[C@@H](C(=O)Nc1nc(-c2cc(OC)ccc2OC)cs1)c1ccccc1. The molecular formula is C21H22N2O3S. The molecule has 0 fully saturated rings. The van der Waals surface area contributed by atoms with Crippen molar-refractivity contribution in [3.8, 4) is 22.8 Å². The molecule has 3 rings (SSSR count). The Morgan fingerprint density at radius 3 is 2.59 bits per heavy atom. The molecule has 27 heavy (non-hydrogen) atoms. The Kier molecular flexibility index (Phi) is 6.08. The van der Waals surface area contributed by atoms with Crippen LogP contribution in [0.1, 0.15) is 24.8 Å². The summed E-state index contributed by atoms with van der Waals surface area (Å²) in [6.07, 6.45) is 0.720. The number of nitrogens with zero attached hydrogens (tertiary/aromatic N) is 1. The molecule has 5 nitrogen and oxygen atoms in total. The lowest BCUT2D eigenvalue weighted by molar-refractivity contribution is -0.117. The quantitative estimate of drug-likeness (QED) is 0.627. The fourth-order valence-corrected chi connectivity index (χ4v) is 3.63. The highest BCUT2D eigenvalue weighted by Crippen LogP contribution is 2.35. The van der Waals surface area contributed by atoms with Gasteiger partial charge in [-0.15, -0.1) is 11.3 Å². The van der Waals surface area contributed by atoms with E-state index in [4.69, 9.17) is 9.47 Å². The molecule has 0 radical (unpaired) electrons. The molecule has 2 aromatic carbocycles. The third-order valence-corrected chi connectivity index (χ3v) is 5.10. The maximum Gasteiger partial charge on any atom is 0.233 e. The van der Waals surface area contributed by atoms with Crippen molar-refractivity contribution in [1.29, 1.82) is 0 Å². The third-order valence-electron chi connectivity index (χ3n) is 4.34. The molecule has 1 atom stereocenters. The van der Waals surface area contributed by atoms with Crippen LogP contribution in [0.2, 0.25) is 0 Å². The molecule has 0 unspecified atom stereocenters. The molecule has 0 aliphatic rings. The van der Waals surface area contributed by atoms with E-state index in [-0.39, 0.29) is 11.8 Å². The second-order valence-corrected chi connectivity index (χ2v) is 6.82. The van der Waals surface area contributed by atoms with Crippen LogP contribution in [0.25, 0.3) is 11.3 Å². The van der Waals surface area contributed by atoms with Crippen LogP contribution < -0.4 is 14.8 Å². The number of aromatic nitrogens is 1. The molecule has 1 N–H and O–H groups in total. The monoisotopic (exact) mass is 382 g/mol. The Balaban J connectivity index is 1.81. The van der Waals surface area contributed by atoms with Gasteiger partial charge in [0.15, 0.2) is 5.13 Å². The molecule has 0 saturated carbocycles. The van der Waals surface area contributed by atoms with Gasteiger partial charge in [0.25, 0.3) is 0 Å². The number of carbonyl (C=O) groups is 1. The summed E-state index contributed by atoms with van der Waals surface area (Å²) in [6.45, 7) is 2.01. The van der Waals surface area contributed by atoms with Gasteiger partial charge in [0, 0.05) is 10.9 Å². The van der Waals surface area contributed by atoms with E-state index in [0.717, 1.165) is 29.0 Å². The van der Waals surface area contributed by atoms with E-state index in [0.29, 0.717) is 10.9 Å². The highest BCUT2D eigenvalue weighted by Gasteiger charge is 2.20. The normalized spacial score (nSPS) is 11.7. The predicted octanol–water partition coefficient (Wildman–Crippen LogP) is 4.96. The van der Waals surface area contributed by atoms with E-state index in [1.807, 2.05) is 60.8 Å². The first kappa shape index (κ1) is 18.9. The number of hydrogen-bond donors (Lipinski definition) is 1. The standard InChI is InChI=1S/C21H22N2O3S/c1-4-16(14-8-6-5-7-9-14)20(24)23-21-22-18(13-27-21)17-12-15(25-2)10-11-19(17)26-3/h5-13,16H,4H2,1-3H3,(H,22,23,24)/t16-/m1/s1. The van der Waals surface area contributed by atoms with Crippen molar-refractivity contribution in [2.75, 3.05) is 19.5 Å². The second kappa shape index (κ2) is 8.68. The van der Waals surface area contributed by atoms with E-state index in [1.165, 1.54) is 11.3 Å². The van der Waals surface area contributed by atoms with Gasteiger partial charge in [-0.25, -0.2) is 4.98 Å². The first-order valence-corrected chi connectivity index (χ1v) is 9.58. The molecule has 1 aromatic heterocycles. The maximum absolute atomic E-state index is 12.7. The summed E-state index contributed by atoms with van der Waals surface area (Å²) in [5, 5.41) is 5.41. The molecular weight excluding hydrogens is 360 g/mol. The van der Waals surface area contributed by atoms with E-state index in [9.17, 15) is 4.79 Å². The van der Waals surface area contributed by atoms with Gasteiger partial charge in [0.2, 0.25) is 5.91 Å². The smallest absolute Gasteiger partial charge is 0.233 e. The lowest BCUT2D eigenvalue weighted by atomic mass is 9.96. The summed E-state index contributed by atoms with van der Waals surface area (Å²) in [5.74, 6) is 1.17. The first-order chi connectivity index (χ1) is 13.2. The highest BCUT2D eigenvalue weighted by atomic mass is 32.1. The van der Waals surface area contributed by atoms with Crippen molar-refractivity contribution in [3.05, 3.63) is 59.5 Å². The Bertz CT molecular complexity index is 909. The Morgan fingerprint density at radius 1 is 1.15 bits per heavy atom. The van der Waals surface area contributed by atoms with Crippen LogP contribution in [0.5, 0.6) is 11.5 Å². The molecule has 0 aliphatic heterocycles. The molecule has 6 heteroatoms. The van der Waals surface area contributed by atoms with Crippen molar-refractivity contribution in [1.82, 2.24) is 4.98 Å². The summed E-state index contributed by atoms with van der Waals surface area (Å²) in [7, 11) is 3.23. The number of carbonyl (C=O) groups excluding carboxylic acids is 1. The molecule has 0 saturated heterocycles. The van der Waals surface area contributed by atoms with Gasteiger partial charge in [-0.1, -0.05) is 37.3 Å². The average molecular weight is 382 g/mol. The number of anilines is 1. The molecule has 1 amide bonds. The molecule has 0 bridgehead atoms. The number of benzene rings is 2. The van der Waals surface area contributed by atoms with Gasteiger partial charge in [0.05, 0.1) is 25.8 Å². The number of ether oxygens (including phenoxy) is 2. The summed E-state index contributed by atoms with van der Waals surface area (Å²) in [6, 6.07) is 15.3. The van der Waals surface area contributed by atoms with Crippen molar-refractivity contribution in [3.63, 3.8) is 0 Å². The van der Waals surface area contributed by atoms with E-state index in [1.54, 1.807) is 14.2 Å². The average Bonchev–Trinajstić information content (AvgIpc) is 3.17. The minimum atomic E-state index is -0.204. The second-order valence-electron chi connectivity index (χ2n) is 5.96. The first-order valence-electron chi connectivity index (χ1n) is 8.70. The lowest BCUT2D eigenvalue weighted by Crippen LogP contribution is -2.20. The number of hydrogen-bond acceptors (Lipinski definition) is 5. The van der Waals surface area contributed by atoms with Gasteiger partial charge in [-0.05, 0) is 30.2 Å². The van der Waals surface area contributed by atoms with Crippen molar-refractivity contribution >= 4 is 22.4 Å². The van der Waals surface area contributed by atoms with Crippen LogP contribution in [0, 0.1) is 0 Å². The Morgan fingerprint density at radius 2 is 1.93 bits per heavy atom. The van der Waals surface area contributed by atoms with Gasteiger partial charge < -0.3 is 14.8 Å². The Labute approximate surface area is 163 Å². The van der Waals surface area contributed by atoms with Gasteiger partial charge >= 0.3 is 0 Å². The molecule has 0 spiro atoms. The minimum Gasteiger partial charge on any atom is -0.497 e. The summed E-state index contributed by atoms with van der Waals surface area (Å²) in [4.78, 5) is 17.3. The predicted molar refractivity (Wildman–Crippen MR) is 109 cm³/mol. The van der Waals surface area contributed by atoms with Crippen LogP contribution in [-0.4, -0.2) is 25.1 Å². The molecule has 0 aliphatic carbocycles. The third kappa shape index (κ3) is 4.28. The number of thiazole rings is 1. The fourth-order valence-electron chi connectivity index (χ4n) is 2.92. The number of nitrogens with one attached hydrogen (secondary N) is 1. The summed E-state index contributed by atoms with van der Waals surface area (Å²) < 4.78 is 10.7. The lowest BCUT2D eigenvalue weighted by Gasteiger charge is -2.14. The van der Waals surface area contributed by atoms with Crippen molar-refractivity contribution in [2.45, 2.75) is 19.3 Å². The zero-order chi connectivity index (χ0) is 19.2. The largest absolute Gasteiger partial charge is 0.497 e. The maximum atomic E-state index is 12.7. The van der Waals surface area contributed by atoms with Crippen LogP contribution in [0.15, 0.2) is 53.9 Å². The number of methoxy groups -OCH3 is 2. The number of amides is 1. The topological polar surface area (TPSA) is 60.5 Å². The van der Waals surface area contributed by atoms with E-state index >= 15 is 0 Å². The molecule has 3 aromatic rings. The number of rotatable bonds is 7. The molecule has 140 valence electrons. The van der Waals surface area contributed by atoms with Crippen molar-refractivity contribution < 1.29 is 14.3 Å². The summed E-state index contributed by atoms with van der Waals surface area (Å²) >= 11 is 1.39. The van der Waals surface area contributed by atoms with Crippen LogP contribution in [0.4, 0.5) is 5.13 Å². The zero-order valence-corrected chi connectivity index (χ0v) is 16.4. The van der Waals surface area contributed by atoms with Gasteiger partial charge in [-0.3, -0.25) is 4.79 Å². The van der Waals surface area contributed by atoms with Crippen molar-refractivity contribution in [2.24, 2.45) is 0 Å². The fraction of sp³-hybridized carbons (Fsp3) is 0.238. The van der Waals surface area contributed by atoms with E-state index < -0.39 is 0 Å². The highest BCUT2D eigenvalue weighted by molar-refractivity contribution is 7.14. The molecule has 1 heterocycles. The Hall–Kier alpha value is -2.86. The summed E-state index contributed by atoms with van der Waals surface area (Å²) in [5.41, 5.74) is 2.56. The van der Waals surface area contributed by atoms with Gasteiger partial charge in [0.1, 0.15) is 11.5 Å². The van der Waals surface area contributed by atoms with Crippen LogP contribution >= 0.6 is 11.3 Å². The minimum absolute atomic E-state index is 0.0535. The van der Waals surface area contributed by atoms with E-state index in [2.05, 4.69) is 10.3 Å².